The molecule has 0 saturated carbocycles. The third-order valence-corrected chi connectivity index (χ3v) is 2.91. The van der Waals surface area contributed by atoms with Gasteiger partial charge in [-0.15, -0.1) is 0 Å². The lowest BCUT2D eigenvalue weighted by molar-refractivity contribution is 0.369. The van der Waals surface area contributed by atoms with Gasteiger partial charge in [-0.25, -0.2) is 4.39 Å². The van der Waals surface area contributed by atoms with E-state index in [1.165, 1.54) is 11.6 Å². The molecule has 1 saturated heterocycles. The average molecular weight is 208 g/mol. The third kappa shape index (κ3) is 2.76. The van der Waals surface area contributed by atoms with Crippen LogP contribution < -0.4 is 10.6 Å². The minimum Gasteiger partial charge on any atom is -0.314 e. The molecule has 0 spiro atoms. The van der Waals surface area contributed by atoms with Crippen molar-refractivity contribution in [3.63, 3.8) is 0 Å². The van der Waals surface area contributed by atoms with E-state index in [0.717, 1.165) is 31.6 Å². The summed E-state index contributed by atoms with van der Waals surface area (Å²) < 4.78 is 12.8. The summed E-state index contributed by atoms with van der Waals surface area (Å²) in [5.74, 6) is -0.146. The molecule has 3 heteroatoms. The Morgan fingerprint density at radius 1 is 1.47 bits per heavy atom. The summed E-state index contributed by atoms with van der Waals surface area (Å²) in [5.41, 5.74) is 2.28. The van der Waals surface area contributed by atoms with Gasteiger partial charge < -0.3 is 10.6 Å². The Hall–Kier alpha value is -0.930. The van der Waals surface area contributed by atoms with E-state index >= 15 is 0 Å². The number of nitrogens with one attached hydrogen (secondary N) is 2. The molecular formula is C12H17FN2. The van der Waals surface area contributed by atoms with Gasteiger partial charge in [-0.3, -0.25) is 0 Å². The van der Waals surface area contributed by atoms with Crippen LogP contribution in [-0.2, 0) is 6.42 Å². The van der Waals surface area contributed by atoms with E-state index in [-0.39, 0.29) is 5.82 Å². The second kappa shape index (κ2) is 4.73. The predicted molar refractivity (Wildman–Crippen MR) is 59.5 cm³/mol. The van der Waals surface area contributed by atoms with Gasteiger partial charge >= 0.3 is 0 Å². The first-order chi connectivity index (χ1) is 7.25. The molecule has 1 aliphatic heterocycles. The zero-order valence-electron chi connectivity index (χ0n) is 9.02. The first kappa shape index (κ1) is 10.6. The molecule has 0 amide bonds. The number of hydrogen-bond acceptors (Lipinski definition) is 2. The van der Waals surface area contributed by atoms with E-state index in [9.17, 15) is 4.39 Å². The number of hydrogen-bond donors (Lipinski definition) is 2. The van der Waals surface area contributed by atoms with Crippen molar-refractivity contribution < 1.29 is 4.39 Å². The second-order valence-electron chi connectivity index (χ2n) is 4.13. The maximum absolute atomic E-state index is 12.8. The number of benzene rings is 1. The molecule has 1 aromatic rings. The smallest absolute Gasteiger partial charge is 0.123 e. The van der Waals surface area contributed by atoms with Crippen molar-refractivity contribution in [2.24, 2.45) is 0 Å². The van der Waals surface area contributed by atoms with Crippen LogP contribution in [0.1, 0.15) is 11.1 Å². The normalized spacial score (nSPS) is 16.4. The molecule has 2 rings (SSSR count). The highest BCUT2D eigenvalue weighted by molar-refractivity contribution is 5.26. The Balaban J connectivity index is 1.81. The molecule has 0 atom stereocenters. The van der Waals surface area contributed by atoms with Crippen LogP contribution in [0.2, 0.25) is 0 Å². The maximum Gasteiger partial charge on any atom is 0.123 e. The molecule has 2 nitrogen and oxygen atoms in total. The van der Waals surface area contributed by atoms with E-state index in [0.29, 0.717) is 6.04 Å². The van der Waals surface area contributed by atoms with Crippen molar-refractivity contribution >= 4 is 0 Å². The van der Waals surface area contributed by atoms with Crippen molar-refractivity contribution in [3.8, 4) is 0 Å². The van der Waals surface area contributed by atoms with Gasteiger partial charge in [0.2, 0.25) is 0 Å². The Kier molecular flexibility index (Phi) is 3.34. The maximum atomic E-state index is 12.8. The van der Waals surface area contributed by atoms with Gasteiger partial charge in [0.1, 0.15) is 5.82 Å². The predicted octanol–water partition coefficient (Wildman–Crippen LogP) is 1.24. The molecule has 1 aromatic carbocycles. The summed E-state index contributed by atoms with van der Waals surface area (Å²) in [4.78, 5) is 0. The van der Waals surface area contributed by atoms with E-state index in [1.54, 1.807) is 6.07 Å². The Morgan fingerprint density at radius 2 is 2.27 bits per heavy atom. The van der Waals surface area contributed by atoms with Crippen LogP contribution in [0.3, 0.4) is 0 Å². The van der Waals surface area contributed by atoms with Crippen molar-refractivity contribution in [2.75, 3.05) is 19.6 Å². The third-order valence-electron chi connectivity index (χ3n) is 2.91. The molecule has 0 unspecified atom stereocenters. The molecular weight excluding hydrogens is 191 g/mol. The van der Waals surface area contributed by atoms with E-state index in [2.05, 4.69) is 10.6 Å². The number of aryl methyl sites for hydroxylation is 1. The molecule has 0 radical (unpaired) electrons. The number of rotatable bonds is 4. The summed E-state index contributed by atoms with van der Waals surface area (Å²) in [7, 11) is 0. The zero-order chi connectivity index (χ0) is 10.7. The minimum atomic E-state index is -0.146. The van der Waals surface area contributed by atoms with Gasteiger partial charge in [0.15, 0.2) is 0 Å². The molecule has 0 aliphatic carbocycles. The van der Waals surface area contributed by atoms with Crippen LogP contribution in [0.5, 0.6) is 0 Å². The molecule has 0 bridgehead atoms. The van der Waals surface area contributed by atoms with Gasteiger partial charge in [0, 0.05) is 19.1 Å². The lowest BCUT2D eigenvalue weighted by atomic mass is 10.1. The highest BCUT2D eigenvalue weighted by atomic mass is 19.1. The minimum absolute atomic E-state index is 0.146. The SMILES string of the molecule is Cc1cc(F)ccc1CCNC1CNC1. The Morgan fingerprint density at radius 3 is 2.87 bits per heavy atom. The van der Waals surface area contributed by atoms with Gasteiger partial charge in [0.25, 0.3) is 0 Å². The molecule has 15 heavy (non-hydrogen) atoms. The lowest BCUT2D eigenvalue weighted by Crippen LogP contribution is -2.55. The zero-order valence-corrected chi connectivity index (χ0v) is 9.02. The highest BCUT2D eigenvalue weighted by Gasteiger charge is 2.14. The van der Waals surface area contributed by atoms with Gasteiger partial charge in [-0.2, -0.15) is 0 Å². The van der Waals surface area contributed by atoms with E-state index in [1.807, 2.05) is 13.0 Å². The highest BCUT2D eigenvalue weighted by Crippen LogP contribution is 2.10. The van der Waals surface area contributed by atoms with Gasteiger partial charge in [0.05, 0.1) is 0 Å². The molecule has 1 heterocycles. The van der Waals surface area contributed by atoms with E-state index in [4.69, 9.17) is 0 Å². The molecule has 1 fully saturated rings. The second-order valence-corrected chi connectivity index (χ2v) is 4.13. The molecule has 2 N–H and O–H groups in total. The van der Waals surface area contributed by atoms with Crippen molar-refractivity contribution in [3.05, 3.63) is 35.1 Å². The van der Waals surface area contributed by atoms with Gasteiger partial charge in [-0.1, -0.05) is 6.07 Å². The first-order valence-corrected chi connectivity index (χ1v) is 5.45. The summed E-state index contributed by atoms with van der Waals surface area (Å²) in [6.07, 6.45) is 0.975. The van der Waals surface area contributed by atoms with E-state index < -0.39 is 0 Å². The molecule has 1 aliphatic rings. The summed E-state index contributed by atoms with van der Waals surface area (Å²) in [6.45, 7) is 5.08. The number of halogens is 1. The van der Waals surface area contributed by atoms with Crippen LogP contribution in [0.15, 0.2) is 18.2 Å². The monoisotopic (exact) mass is 208 g/mol. The van der Waals surface area contributed by atoms with Crippen LogP contribution >= 0.6 is 0 Å². The first-order valence-electron chi connectivity index (χ1n) is 5.45. The van der Waals surface area contributed by atoms with Crippen LogP contribution in [0.4, 0.5) is 4.39 Å². The summed E-state index contributed by atoms with van der Waals surface area (Å²) in [6, 6.07) is 5.64. The summed E-state index contributed by atoms with van der Waals surface area (Å²) >= 11 is 0. The Labute approximate surface area is 89.9 Å². The van der Waals surface area contributed by atoms with Crippen molar-refractivity contribution in [2.45, 2.75) is 19.4 Å². The fraction of sp³-hybridized carbons (Fsp3) is 0.500. The fourth-order valence-electron chi connectivity index (χ4n) is 1.78. The molecule has 0 aromatic heterocycles. The largest absolute Gasteiger partial charge is 0.314 e. The summed E-state index contributed by atoms with van der Waals surface area (Å²) in [5, 5.41) is 6.67. The molecule has 82 valence electrons. The van der Waals surface area contributed by atoms with Crippen molar-refractivity contribution in [1.29, 1.82) is 0 Å². The average Bonchev–Trinajstić information content (AvgIpc) is 2.12. The van der Waals surface area contributed by atoms with Gasteiger partial charge in [-0.05, 0) is 43.1 Å². The van der Waals surface area contributed by atoms with Crippen LogP contribution in [0.25, 0.3) is 0 Å². The Bertz CT molecular complexity index is 334. The van der Waals surface area contributed by atoms with Crippen molar-refractivity contribution in [1.82, 2.24) is 10.6 Å². The standard InChI is InChI=1S/C12H17FN2/c1-9-6-11(13)3-2-10(9)4-5-15-12-7-14-8-12/h2-3,6,12,14-15H,4-5,7-8H2,1H3. The van der Waals surface area contributed by atoms with Crippen LogP contribution in [-0.4, -0.2) is 25.7 Å². The lowest BCUT2D eigenvalue weighted by Gasteiger charge is -2.28. The van der Waals surface area contributed by atoms with Crippen LogP contribution in [0, 0.1) is 12.7 Å². The quantitative estimate of drug-likeness (QED) is 0.778. The fourth-order valence-corrected chi connectivity index (χ4v) is 1.78. The topological polar surface area (TPSA) is 24.1 Å².